The molecule has 1 amide bonds. The number of hydrogen-bond acceptors (Lipinski definition) is 3. The highest BCUT2D eigenvalue weighted by molar-refractivity contribution is 5.99. The van der Waals surface area contributed by atoms with Crippen LogP contribution in [-0.4, -0.2) is 5.91 Å². The van der Waals surface area contributed by atoms with Gasteiger partial charge in [0.1, 0.15) is 0 Å². The van der Waals surface area contributed by atoms with Gasteiger partial charge in [-0.2, -0.15) is 0 Å². The van der Waals surface area contributed by atoms with Crippen LogP contribution in [0.3, 0.4) is 0 Å². The number of amides is 1. The zero-order valence-corrected chi connectivity index (χ0v) is 7.13. The molecular weight excluding hydrogens is 166 g/mol. The lowest BCUT2D eigenvalue weighted by atomic mass is 10.0. The zero-order chi connectivity index (χ0) is 9.42. The number of nitrogens with two attached hydrogens (primary N) is 2. The summed E-state index contributed by atoms with van der Waals surface area (Å²) >= 11 is 0. The highest BCUT2D eigenvalue weighted by Crippen LogP contribution is 2.32. The Morgan fingerprint density at radius 1 is 1.23 bits per heavy atom. The first-order valence-corrected chi connectivity index (χ1v) is 4.15. The van der Waals surface area contributed by atoms with Gasteiger partial charge in [0, 0.05) is 6.42 Å². The number of rotatable bonds is 0. The second-order valence-electron chi connectivity index (χ2n) is 3.15. The van der Waals surface area contributed by atoms with Crippen molar-refractivity contribution in [3.63, 3.8) is 0 Å². The van der Waals surface area contributed by atoms with Crippen molar-refractivity contribution in [2.75, 3.05) is 16.8 Å². The van der Waals surface area contributed by atoms with Gasteiger partial charge in [-0.1, -0.05) is 6.07 Å². The van der Waals surface area contributed by atoms with Crippen LogP contribution in [0.25, 0.3) is 0 Å². The number of hydrogen-bond donors (Lipinski definition) is 3. The van der Waals surface area contributed by atoms with E-state index in [0.717, 1.165) is 12.0 Å². The molecule has 4 nitrogen and oxygen atoms in total. The smallest absolute Gasteiger partial charge is 0.224 e. The third kappa shape index (κ3) is 1.20. The highest BCUT2D eigenvalue weighted by Gasteiger charge is 2.17. The molecule has 0 aromatic heterocycles. The van der Waals surface area contributed by atoms with E-state index in [1.165, 1.54) is 0 Å². The largest absolute Gasteiger partial charge is 0.397 e. The Hall–Kier alpha value is -1.71. The van der Waals surface area contributed by atoms with Crippen molar-refractivity contribution in [2.24, 2.45) is 0 Å². The maximum atomic E-state index is 11.1. The molecule has 0 spiro atoms. The van der Waals surface area contributed by atoms with Crippen LogP contribution in [0.15, 0.2) is 12.1 Å². The molecule has 5 N–H and O–H groups in total. The van der Waals surface area contributed by atoms with Gasteiger partial charge in [0.2, 0.25) is 5.91 Å². The number of carbonyl (C=O) groups excluding carboxylic acids is 1. The van der Waals surface area contributed by atoms with Crippen LogP contribution in [0.1, 0.15) is 12.0 Å². The van der Waals surface area contributed by atoms with E-state index in [0.29, 0.717) is 23.5 Å². The fourth-order valence-electron chi connectivity index (χ4n) is 1.49. The van der Waals surface area contributed by atoms with Gasteiger partial charge >= 0.3 is 0 Å². The first-order chi connectivity index (χ1) is 6.18. The molecule has 0 aliphatic carbocycles. The molecule has 4 heteroatoms. The van der Waals surface area contributed by atoms with Crippen LogP contribution in [0.4, 0.5) is 17.1 Å². The number of benzene rings is 1. The lowest BCUT2D eigenvalue weighted by Crippen LogP contribution is -2.20. The van der Waals surface area contributed by atoms with Gasteiger partial charge in [0.15, 0.2) is 0 Å². The monoisotopic (exact) mass is 177 g/mol. The van der Waals surface area contributed by atoms with Crippen molar-refractivity contribution in [1.29, 1.82) is 0 Å². The van der Waals surface area contributed by atoms with Crippen molar-refractivity contribution in [3.8, 4) is 0 Å². The molecule has 1 aliphatic heterocycles. The number of aryl methyl sites for hydroxylation is 1. The van der Waals surface area contributed by atoms with Crippen molar-refractivity contribution in [3.05, 3.63) is 17.7 Å². The molecular formula is C9H11N3O. The first kappa shape index (κ1) is 7.91. The molecule has 68 valence electrons. The maximum Gasteiger partial charge on any atom is 0.224 e. The summed E-state index contributed by atoms with van der Waals surface area (Å²) in [6.07, 6.45) is 1.27. The van der Waals surface area contributed by atoms with E-state index < -0.39 is 0 Å². The van der Waals surface area contributed by atoms with E-state index in [1.807, 2.05) is 6.07 Å². The maximum absolute atomic E-state index is 11.1. The summed E-state index contributed by atoms with van der Waals surface area (Å²) in [7, 11) is 0. The van der Waals surface area contributed by atoms with E-state index in [4.69, 9.17) is 11.5 Å². The minimum Gasteiger partial charge on any atom is -0.397 e. The fraction of sp³-hybridized carbons (Fsp3) is 0.222. The first-order valence-electron chi connectivity index (χ1n) is 4.15. The minimum atomic E-state index is 0.00444. The van der Waals surface area contributed by atoms with E-state index in [9.17, 15) is 4.79 Å². The molecule has 1 heterocycles. The number of fused-ring (bicyclic) bond motifs is 1. The van der Waals surface area contributed by atoms with Crippen molar-refractivity contribution in [1.82, 2.24) is 0 Å². The van der Waals surface area contributed by atoms with Gasteiger partial charge in [0.05, 0.1) is 17.1 Å². The molecule has 0 saturated carbocycles. The third-order valence-electron chi connectivity index (χ3n) is 2.25. The molecule has 0 bridgehead atoms. The average Bonchev–Trinajstić information content (AvgIpc) is 2.12. The summed E-state index contributed by atoms with van der Waals surface area (Å²) in [5.74, 6) is 0.00444. The summed E-state index contributed by atoms with van der Waals surface area (Å²) in [5, 5.41) is 2.73. The van der Waals surface area contributed by atoms with Crippen LogP contribution in [0.5, 0.6) is 0 Å². The summed E-state index contributed by atoms with van der Waals surface area (Å²) < 4.78 is 0. The van der Waals surface area contributed by atoms with E-state index in [1.54, 1.807) is 6.07 Å². The van der Waals surface area contributed by atoms with Crippen LogP contribution in [0, 0.1) is 0 Å². The number of nitrogen functional groups attached to an aromatic ring is 2. The molecule has 1 aromatic carbocycles. The second-order valence-corrected chi connectivity index (χ2v) is 3.15. The predicted octanol–water partition coefficient (Wildman–Crippen LogP) is 0.736. The standard InChI is InChI=1S/C9H11N3O/c10-6-3-1-5-2-4-7(13)12-9(5)8(6)11/h1,3H,2,4,10-11H2,(H,12,13). The lowest BCUT2D eigenvalue weighted by molar-refractivity contribution is -0.116. The molecule has 2 rings (SSSR count). The number of carbonyl (C=O) groups is 1. The average molecular weight is 177 g/mol. The topological polar surface area (TPSA) is 81.1 Å². The summed E-state index contributed by atoms with van der Waals surface area (Å²) in [5.41, 5.74) is 14.1. The molecule has 0 saturated heterocycles. The molecule has 0 atom stereocenters. The fourth-order valence-corrected chi connectivity index (χ4v) is 1.49. The van der Waals surface area contributed by atoms with E-state index in [-0.39, 0.29) is 5.91 Å². The Balaban J connectivity index is 2.54. The Morgan fingerprint density at radius 3 is 2.77 bits per heavy atom. The second kappa shape index (κ2) is 2.65. The molecule has 0 radical (unpaired) electrons. The SMILES string of the molecule is Nc1ccc2c(c1N)NC(=O)CC2. The zero-order valence-electron chi connectivity index (χ0n) is 7.13. The van der Waals surface area contributed by atoms with Gasteiger partial charge in [-0.3, -0.25) is 4.79 Å². The summed E-state index contributed by atoms with van der Waals surface area (Å²) in [6, 6.07) is 3.67. The Kier molecular flexibility index (Phi) is 1.62. The van der Waals surface area contributed by atoms with E-state index >= 15 is 0 Å². The Labute approximate surface area is 75.9 Å². The van der Waals surface area contributed by atoms with Crippen molar-refractivity contribution >= 4 is 23.0 Å². The third-order valence-corrected chi connectivity index (χ3v) is 2.25. The van der Waals surface area contributed by atoms with E-state index in [2.05, 4.69) is 5.32 Å². The quantitative estimate of drug-likeness (QED) is 0.511. The molecule has 0 unspecified atom stereocenters. The predicted molar refractivity (Wildman–Crippen MR) is 52.2 cm³/mol. The molecule has 1 aromatic rings. The van der Waals surface area contributed by atoms with Gasteiger partial charge in [-0.25, -0.2) is 0 Å². The van der Waals surface area contributed by atoms with Crippen LogP contribution >= 0.6 is 0 Å². The highest BCUT2D eigenvalue weighted by atomic mass is 16.1. The number of nitrogens with one attached hydrogen (secondary N) is 1. The normalized spacial score (nSPS) is 14.9. The van der Waals surface area contributed by atoms with Crippen molar-refractivity contribution < 1.29 is 4.79 Å². The summed E-state index contributed by atoms with van der Waals surface area (Å²) in [6.45, 7) is 0. The lowest BCUT2D eigenvalue weighted by Gasteiger charge is -2.19. The van der Waals surface area contributed by atoms with Crippen LogP contribution < -0.4 is 16.8 Å². The van der Waals surface area contributed by atoms with Crippen molar-refractivity contribution in [2.45, 2.75) is 12.8 Å². The number of anilines is 3. The molecule has 1 aliphatic rings. The van der Waals surface area contributed by atoms with Gasteiger partial charge in [-0.05, 0) is 18.1 Å². The van der Waals surface area contributed by atoms with Crippen LogP contribution in [0.2, 0.25) is 0 Å². The minimum absolute atomic E-state index is 0.00444. The van der Waals surface area contributed by atoms with Crippen LogP contribution in [-0.2, 0) is 11.2 Å². The Morgan fingerprint density at radius 2 is 2.00 bits per heavy atom. The summed E-state index contributed by atoms with van der Waals surface area (Å²) in [4.78, 5) is 11.1. The van der Waals surface area contributed by atoms with Gasteiger partial charge in [-0.15, -0.1) is 0 Å². The molecule has 13 heavy (non-hydrogen) atoms. The Bertz CT molecular complexity index is 373. The van der Waals surface area contributed by atoms with Gasteiger partial charge in [0.25, 0.3) is 0 Å². The van der Waals surface area contributed by atoms with Gasteiger partial charge < -0.3 is 16.8 Å². The molecule has 0 fully saturated rings.